The van der Waals surface area contributed by atoms with Gasteiger partial charge in [-0.1, -0.05) is 19.6 Å². The Morgan fingerprint density at radius 2 is 2.18 bits per heavy atom. The summed E-state index contributed by atoms with van der Waals surface area (Å²) in [4.78, 5) is 13.2. The number of nitrogens with two attached hydrogens (primary N) is 1. The molecule has 0 spiro atoms. The normalized spacial score (nSPS) is 14.0. The first kappa shape index (κ1) is 17.9. The molecule has 1 aromatic carbocycles. The van der Waals surface area contributed by atoms with Crippen molar-refractivity contribution in [3.8, 4) is 0 Å². The van der Waals surface area contributed by atoms with Crippen LogP contribution in [0.4, 0.5) is 10.1 Å². The van der Waals surface area contributed by atoms with E-state index in [1.807, 2.05) is 4.90 Å². The Labute approximate surface area is 129 Å². The van der Waals surface area contributed by atoms with Gasteiger partial charge in [0, 0.05) is 25.8 Å². The van der Waals surface area contributed by atoms with E-state index in [9.17, 15) is 9.18 Å². The summed E-state index contributed by atoms with van der Waals surface area (Å²) in [6, 6.07) is 4.96. The van der Waals surface area contributed by atoms with Gasteiger partial charge in [-0.05, 0) is 6.07 Å². The molecule has 6 nitrogen and oxygen atoms in total. The highest BCUT2D eigenvalue weighted by Crippen LogP contribution is 2.27. The summed E-state index contributed by atoms with van der Waals surface area (Å²) in [5, 5.41) is 6.99. The second kappa shape index (κ2) is 7.74. The third-order valence-electron chi connectivity index (χ3n) is 3.30. The summed E-state index contributed by atoms with van der Waals surface area (Å²) < 4.78 is 24.4. The van der Waals surface area contributed by atoms with E-state index in [2.05, 4.69) is 0 Å². The zero-order chi connectivity index (χ0) is 15.4. The second-order valence-electron chi connectivity index (χ2n) is 4.88. The highest BCUT2D eigenvalue weighted by molar-refractivity contribution is 5.94. The van der Waals surface area contributed by atoms with E-state index in [1.54, 1.807) is 25.3 Å². The molecule has 2 rings (SSSR count). The third kappa shape index (κ3) is 4.17. The number of rotatable bonds is 6. The van der Waals surface area contributed by atoms with Crippen LogP contribution in [0.3, 0.4) is 0 Å². The first-order valence-electron chi connectivity index (χ1n) is 6.55. The number of benzene rings is 1. The van der Waals surface area contributed by atoms with Gasteiger partial charge in [0.25, 0.3) is 0 Å². The molecule has 3 N–H and O–H groups in total. The van der Waals surface area contributed by atoms with Gasteiger partial charge in [0.1, 0.15) is 18.9 Å². The maximum absolute atomic E-state index is 14.3. The molecule has 1 fully saturated rings. The van der Waals surface area contributed by atoms with Gasteiger partial charge >= 0.3 is 5.97 Å². The largest absolute Gasteiger partial charge is 0.460 e. The first-order chi connectivity index (χ1) is 10.0. The number of esters is 1. The lowest BCUT2D eigenvalue weighted by Crippen LogP contribution is -2.52. The van der Waals surface area contributed by atoms with Crippen molar-refractivity contribution in [2.75, 3.05) is 25.1 Å². The minimum atomic E-state index is -0.643. The van der Waals surface area contributed by atoms with Gasteiger partial charge < -0.3 is 20.1 Å². The topological polar surface area (TPSA) is 88.6 Å². The summed E-state index contributed by atoms with van der Waals surface area (Å²) in [6.07, 6.45) is -0.162. The van der Waals surface area contributed by atoms with Crippen LogP contribution >= 0.6 is 0 Å². The van der Waals surface area contributed by atoms with E-state index in [-0.39, 0.29) is 32.4 Å². The van der Waals surface area contributed by atoms with Gasteiger partial charge in [-0.25, -0.2) is 4.39 Å². The van der Waals surface area contributed by atoms with Crippen LogP contribution in [-0.2, 0) is 20.9 Å². The number of carbonyl (C=O) groups is 1. The lowest BCUT2D eigenvalue weighted by molar-refractivity contribution is -0.143. The number of hydrogen-bond acceptors (Lipinski definition) is 5. The van der Waals surface area contributed by atoms with Crippen LogP contribution in [0.15, 0.2) is 18.2 Å². The molecule has 1 heterocycles. The van der Waals surface area contributed by atoms with Gasteiger partial charge in [-0.3, -0.25) is 10.2 Å². The molecule has 7 heteroatoms. The maximum Gasteiger partial charge on any atom is 0.313 e. The molecule has 0 aromatic heterocycles. The van der Waals surface area contributed by atoms with Crippen LogP contribution in [0.2, 0.25) is 0 Å². The number of nitrogens with zero attached hydrogens (tertiary/aromatic N) is 1. The molecule has 22 heavy (non-hydrogen) atoms. The molecule has 0 unspecified atom stereocenters. The van der Waals surface area contributed by atoms with Crippen LogP contribution in [0.25, 0.3) is 0 Å². The SMILES string of the molecule is C.COC1CN(c2cccc(COC(=O)CC(=N)N)c2F)C1. The molecule has 0 bridgehead atoms. The summed E-state index contributed by atoms with van der Waals surface area (Å²) in [6.45, 7) is 1.11. The Hall–Kier alpha value is -2.15. The van der Waals surface area contributed by atoms with Gasteiger partial charge in [-0.2, -0.15) is 0 Å². The molecule has 0 atom stereocenters. The van der Waals surface area contributed by atoms with Crippen molar-refractivity contribution < 1.29 is 18.7 Å². The predicted octanol–water partition coefficient (Wildman–Crippen LogP) is 1.67. The number of hydrogen-bond donors (Lipinski definition) is 2. The van der Waals surface area contributed by atoms with Crippen molar-refractivity contribution in [2.45, 2.75) is 26.6 Å². The van der Waals surface area contributed by atoms with Crippen molar-refractivity contribution in [3.05, 3.63) is 29.6 Å². The van der Waals surface area contributed by atoms with Gasteiger partial charge in [0.2, 0.25) is 0 Å². The highest BCUT2D eigenvalue weighted by atomic mass is 19.1. The van der Waals surface area contributed by atoms with Crippen molar-refractivity contribution in [1.29, 1.82) is 5.41 Å². The van der Waals surface area contributed by atoms with E-state index in [1.165, 1.54) is 0 Å². The number of methoxy groups -OCH3 is 1. The Morgan fingerprint density at radius 3 is 2.77 bits per heavy atom. The molecule has 1 saturated heterocycles. The fraction of sp³-hybridized carbons (Fsp3) is 0.467. The van der Waals surface area contributed by atoms with Crippen molar-refractivity contribution in [1.82, 2.24) is 0 Å². The van der Waals surface area contributed by atoms with Crippen molar-refractivity contribution in [2.24, 2.45) is 5.73 Å². The molecule has 1 aromatic rings. The molecule has 0 radical (unpaired) electrons. The second-order valence-corrected chi connectivity index (χ2v) is 4.88. The number of anilines is 1. The lowest BCUT2D eigenvalue weighted by Gasteiger charge is -2.40. The van der Waals surface area contributed by atoms with E-state index < -0.39 is 11.8 Å². The summed E-state index contributed by atoms with van der Waals surface area (Å²) in [7, 11) is 1.63. The molecule has 122 valence electrons. The fourth-order valence-electron chi connectivity index (χ4n) is 2.07. The Balaban J connectivity index is 0.00000242. The monoisotopic (exact) mass is 311 g/mol. The number of halogens is 1. The van der Waals surface area contributed by atoms with Gasteiger partial charge in [0.15, 0.2) is 5.82 Å². The van der Waals surface area contributed by atoms with Crippen molar-refractivity contribution >= 4 is 17.5 Å². The van der Waals surface area contributed by atoms with E-state index in [0.29, 0.717) is 24.3 Å². The van der Waals surface area contributed by atoms with Gasteiger partial charge in [-0.15, -0.1) is 0 Å². The quantitative estimate of drug-likeness (QED) is 0.474. The number of ether oxygens (including phenoxy) is 2. The average Bonchev–Trinajstić information content (AvgIpc) is 2.37. The van der Waals surface area contributed by atoms with Crippen LogP contribution in [0, 0.1) is 11.2 Å². The molecule has 0 aliphatic carbocycles. The number of nitrogens with one attached hydrogen (secondary N) is 1. The standard InChI is InChI=1S/C14H18FN3O3.CH4/c1-20-10-6-18(7-10)11-4-2-3-9(14(11)15)8-21-13(19)5-12(16)17;/h2-4,10H,5-8H2,1H3,(H3,16,17);1H4. The Kier molecular flexibility index (Phi) is 6.30. The molecular formula is C15H22FN3O3. The first-order valence-corrected chi connectivity index (χ1v) is 6.55. The Bertz CT molecular complexity index is 545. The van der Waals surface area contributed by atoms with E-state index in [4.69, 9.17) is 20.6 Å². The summed E-state index contributed by atoms with van der Waals surface area (Å²) in [5.74, 6) is -1.32. The minimum absolute atomic E-state index is 0. The predicted molar refractivity (Wildman–Crippen MR) is 82.5 cm³/mol. The maximum atomic E-state index is 14.3. The molecular weight excluding hydrogens is 289 g/mol. The van der Waals surface area contributed by atoms with Crippen LogP contribution in [-0.4, -0.2) is 38.1 Å². The highest BCUT2D eigenvalue weighted by Gasteiger charge is 2.29. The minimum Gasteiger partial charge on any atom is -0.460 e. The van der Waals surface area contributed by atoms with E-state index >= 15 is 0 Å². The third-order valence-corrected chi connectivity index (χ3v) is 3.30. The molecule has 0 saturated carbocycles. The number of carbonyl (C=O) groups excluding carboxylic acids is 1. The molecule has 1 aliphatic rings. The number of amidine groups is 1. The van der Waals surface area contributed by atoms with E-state index in [0.717, 1.165) is 0 Å². The fourth-order valence-corrected chi connectivity index (χ4v) is 2.07. The zero-order valence-corrected chi connectivity index (χ0v) is 11.8. The van der Waals surface area contributed by atoms with Crippen LogP contribution < -0.4 is 10.6 Å². The van der Waals surface area contributed by atoms with Crippen molar-refractivity contribution in [3.63, 3.8) is 0 Å². The van der Waals surface area contributed by atoms with Crippen LogP contribution in [0.1, 0.15) is 19.4 Å². The lowest BCUT2D eigenvalue weighted by atomic mass is 10.1. The smallest absolute Gasteiger partial charge is 0.313 e. The summed E-state index contributed by atoms with van der Waals surface area (Å²) in [5.41, 5.74) is 5.87. The molecule has 0 amide bonds. The zero-order valence-electron chi connectivity index (χ0n) is 11.8. The van der Waals surface area contributed by atoms with Gasteiger partial charge in [0.05, 0.1) is 11.8 Å². The molecule has 1 aliphatic heterocycles. The average molecular weight is 311 g/mol. The van der Waals surface area contributed by atoms with Crippen LogP contribution in [0.5, 0.6) is 0 Å². The Morgan fingerprint density at radius 1 is 1.50 bits per heavy atom. The summed E-state index contributed by atoms with van der Waals surface area (Å²) >= 11 is 0.